The van der Waals surface area contributed by atoms with E-state index in [0.29, 0.717) is 17.9 Å². The molecule has 0 aliphatic carbocycles. The average Bonchev–Trinajstić information content (AvgIpc) is 2.74. The van der Waals surface area contributed by atoms with Crippen molar-refractivity contribution in [1.29, 1.82) is 0 Å². The molecule has 0 unspecified atom stereocenters. The van der Waals surface area contributed by atoms with Crippen LogP contribution in [0.15, 0.2) is 54.6 Å². The minimum Gasteiger partial charge on any atom is -0.497 e. The molecule has 0 fully saturated rings. The van der Waals surface area contributed by atoms with E-state index in [2.05, 4.69) is 10.6 Å². The Balaban J connectivity index is 1.86. The standard InChI is InChI=1S/C22H26N2O5/c1-15(2)20(24-21(26)17-9-11-18(28-3)12-10-17)22(27)29-14-19(25)23-13-16-7-5-4-6-8-16/h4-12,15,20H,13-14H2,1-3H3,(H,23,25)(H,24,26)/t20-/m0/s1. The van der Waals surface area contributed by atoms with Gasteiger partial charge in [-0.2, -0.15) is 0 Å². The molecular formula is C22H26N2O5. The molecule has 0 saturated heterocycles. The minimum atomic E-state index is -0.869. The van der Waals surface area contributed by atoms with E-state index in [1.54, 1.807) is 38.1 Å². The number of rotatable bonds is 9. The van der Waals surface area contributed by atoms with Crippen molar-refractivity contribution in [3.05, 3.63) is 65.7 Å². The smallest absolute Gasteiger partial charge is 0.329 e. The Hall–Kier alpha value is -3.35. The number of carbonyl (C=O) groups is 3. The molecule has 2 amide bonds. The summed E-state index contributed by atoms with van der Waals surface area (Å²) in [5, 5.41) is 5.35. The summed E-state index contributed by atoms with van der Waals surface area (Å²) in [6, 6.07) is 15.1. The molecular weight excluding hydrogens is 372 g/mol. The fraction of sp³-hybridized carbons (Fsp3) is 0.318. The van der Waals surface area contributed by atoms with Crippen LogP contribution in [-0.4, -0.2) is 37.5 Å². The lowest BCUT2D eigenvalue weighted by Crippen LogP contribution is -2.46. The summed E-state index contributed by atoms with van der Waals surface area (Å²) in [6.45, 7) is 3.51. The summed E-state index contributed by atoms with van der Waals surface area (Å²) in [5.41, 5.74) is 1.34. The first-order valence-corrected chi connectivity index (χ1v) is 9.33. The van der Waals surface area contributed by atoms with Crippen molar-refractivity contribution >= 4 is 17.8 Å². The number of carbonyl (C=O) groups excluding carboxylic acids is 3. The summed E-state index contributed by atoms with van der Waals surface area (Å²) in [7, 11) is 1.54. The topological polar surface area (TPSA) is 93.7 Å². The van der Waals surface area contributed by atoms with Crippen LogP contribution in [0.1, 0.15) is 29.8 Å². The SMILES string of the molecule is COc1ccc(C(=O)N[C@H](C(=O)OCC(=O)NCc2ccccc2)C(C)C)cc1. The number of nitrogens with one attached hydrogen (secondary N) is 2. The second kappa shape index (κ2) is 10.8. The van der Waals surface area contributed by atoms with Crippen molar-refractivity contribution in [2.45, 2.75) is 26.4 Å². The Morgan fingerprint density at radius 1 is 0.966 bits per heavy atom. The van der Waals surface area contributed by atoms with Gasteiger partial charge in [0, 0.05) is 12.1 Å². The molecule has 2 rings (SSSR count). The number of ether oxygens (including phenoxy) is 2. The summed E-state index contributed by atoms with van der Waals surface area (Å²) >= 11 is 0. The van der Waals surface area contributed by atoms with Crippen LogP contribution in [0.2, 0.25) is 0 Å². The predicted octanol–water partition coefficient (Wildman–Crippen LogP) is 2.31. The van der Waals surface area contributed by atoms with Gasteiger partial charge in [-0.3, -0.25) is 9.59 Å². The van der Waals surface area contributed by atoms with Gasteiger partial charge in [0.25, 0.3) is 11.8 Å². The molecule has 2 N–H and O–H groups in total. The predicted molar refractivity (Wildman–Crippen MR) is 108 cm³/mol. The highest BCUT2D eigenvalue weighted by Crippen LogP contribution is 2.12. The van der Waals surface area contributed by atoms with Crippen molar-refractivity contribution in [2.75, 3.05) is 13.7 Å². The second-order valence-electron chi connectivity index (χ2n) is 6.79. The molecule has 2 aromatic carbocycles. The number of esters is 1. The Bertz CT molecular complexity index is 819. The minimum absolute atomic E-state index is 0.211. The molecule has 0 saturated carbocycles. The molecule has 7 nitrogen and oxygen atoms in total. The van der Waals surface area contributed by atoms with Crippen molar-refractivity contribution in [1.82, 2.24) is 10.6 Å². The largest absolute Gasteiger partial charge is 0.497 e. The van der Waals surface area contributed by atoms with Gasteiger partial charge in [0.1, 0.15) is 11.8 Å². The van der Waals surface area contributed by atoms with E-state index in [1.165, 1.54) is 7.11 Å². The van der Waals surface area contributed by atoms with Gasteiger partial charge < -0.3 is 20.1 Å². The molecule has 0 radical (unpaired) electrons. The maximum Gasteiger partial charge on any atom is 0.329 e. The molecule has 0 spiro atoms. The molecule has 29 heavy (non-hydrogen) atoms. The lowest BCUT2D eigenvalue weighted by Gasteiger charge is -2.21. The molecule has 2 aromatic rings. The van der Waals surface area contributed by atoms with Gasteiger partial charge in [-0.15, -0.1) is 0 Å². The quantitative estimate of drug-likeness (QED) is 0.632. The normalized spacial score (nSPS) is 11.4. The van der Waals surface area contributed by atoms with E-state index in [0.717, 1.165) is 5.56 Å². The maximum absolute atomic E-state index is 12.4. The van der Waals surface area contributed by atoms with Gasteiger partial charge in [-0.1, -0.05) is 44.2 Å². The number of benzene rings is 2. The highest BCUT2D eigenvalue weighted by atomic mass is 16.5. The monoisotopic (exact) mass is 398 g/mol. The van der Waals surface area contributed by atoms with Gasteiger partial charge in [0.2, 0.25) is 0 Å². The third-order valence-corrected chi connectivity index (χ3v) is 4.24. The lowest BCUT2D eigenvalue weighted by molar-refractivity contribution is -0.151. The maximum atomic E-state index is 12.4. The van der Waals surface area contributed by atoms with Crippen LogP contribution in [0.5, 0.6) is 5.75 Å². The Kier molecular flexibility index (Phi) is 8.21. The fourth-order valence-electron chi connectivity index (χ4n) is 2.54. The van der Waals surface area contributed by atoms with Gasteiger partial charge in [-0.25, -0.2) is 4.79 Å². The second-order valence-corrected chi connectivity index (χ2v) is 6.79. The first kappa shape index (κ1) is 21.9. The fourth-order valence-corrected chi connectivity index (χ4v) is 2.54. The summed E-state index contributed by atoms with van der Waals surface area (Å²) in [4.78, 5) is 36.7. The van der Waals surface area contributed by atoms with Gasteiger partial charge in [0.15, 0.2) is 6.61 Å². The van der Waals surface area contributed by atoms with Crippen LogP contribution in [-0.2, 0) is 20.9 Å². The van der Waals surface area contributed by atoms with E-state index < -0.39 is 30.4 Å². The molecule has 7 heteroatoms. The Labute approximate surface area is 170 Å². The van der Waals surface area contributed by atoms with Crippen molar-refractivity contribution < 1.29 is 23.9 Å². The van der Waals surface area contributed by atoms with E-state index in [4.69, 9.17) is 9.47 Å². The molecule has 0 aliphatic heterocycles. The molecule has 0 heterocycles. The van der Waals surface area contributed by atoms with E-state index in [9.17, 15) is 14.4 Å². The van der Waals surface area contributed by atoms with Gasteiger partial charge in [-0.05, 0) is 35.7 Å². The Morgan fingerprint density at radius 2 is 1.62 bits per heavy atom. The van der Waals surface area contributed by atoms with Gasteiger partial charge in [0.05, 0.1) is 7.11 Å². The van der Waals surface area contributed by atoms with Crippen LogP contribution in [0.3, 0.4) is 0 Å². The van der Waals surface area contributed by atoms with Crippen LogP contribution in [0.25, 0.3) is 0 Å². The van der Waals surface area contributed by atoms with Crippen molar-refractivity contribution in [3.63, 3.8) is 0 Å². The zero-order chi connectivity index (χ0) is 21.2. The van der Waals surface area contributed by atoms with Crippen LogP contribution in [0, 0.1) is 5.92 Å². The van der Waals surface area contributed by atoms with E-state index in [-0.39, 0.29) is 5.92 Å². The third-order valence-electron chi connectivity index (χ3n) is 4.24. The van der Waals surface area contributed by atoms with Crippen LogP contribution in [0.4, 0.5) is 0 Å². The Morgan fingerprint density at radius 3 is 2.21 bits per heavy atom. The first-order valence-electron chi connectivity index (χ1n) is 9.33. The number of methoxy groups -OCH3 is 1. The van der Waals surface area contributed by atoms with E-state index >= 15 is 0 Å². The molecule has 1 atom stereocenters. The lowest BCUT2D eigenvalue weighted by atomic mass is 10.0. The average molecular weight is 398 g/mol. The molecule has 0 aromatic heterocycles. The number of hydrogen-bond donors (Lipinski definition) is 2. The molecule has 0 aliphatic rings. The van der Waals surface area contributed by atoms with E-state index in [1.807, 2.05) is 30.3 Å². The molecule has 154 valence electrons. The van der Waals surface area contributed by atoms with Crippen molar-refractivity contribution in [2.24, 2.45) is 5.92 Å². The zero-order valence-corrected chi connectivity index (χ0v) is 16.8. The number of hydrogen-bond acceptors (Lipinski definition) is 5. The summed E-state index contributed by atoms with van der Waals surface area (Å²) in [5.74, 6) is -1.06. The van der Waals surface area contributed by atoms with Crippen LogP contribution >= 0.6 is 0 Å². The highest BCUT2D eigenvalue weighted by Gasteiger charge is 2.26. The highest BCUT2D eigenvalue weighted by molar-refractivity contribution is 5.97. The first-order chi connectivity index (χ1) is 13.9. The molecule has 0 bridgehead atoms. The number of amides is 2. The summed E-state index contributed by atoms with van der Waals surface area (Å²) in [6.07, 6.45) is 0. The summed E-state index contributed by atoms with van der Waals surface area (Å²) < 4.78 is 10.2. The van der Waals surface area contributed by atoms with Gasteiger partial charge >= 0.3 is 5.97 Å². The van der Waals surface area contributed by atoms with Crippen molar-refractivity contribution in [3.8, 4) is 5.75 Å². The zero-order valence-electron chi connectivity index (χ0n) is 16.8. The third kappa shape index (κ3) is 6.95. The van der Waals surface area contributed by atoms with Crippen LogP contribution < -0.4 is 15.4 Å².